The zero-order valence-electron chi connectivity index (χ0n) is 9.98. The maximum absolute atomic E-state index is 9.21. The van der Waals surface area contributed by atoms with E-state index < -0.39 is 0 Å². The molecule has 0 atom stereocenters. The standard InChI is InChI=1S/C14H15N2O2/c1-9-6-15-13(5-12(9)8-18)14-4-11(7-17)3-10(2)16-14/h3-6,16-18H,1-2,7-8H2/q+1. The number of rotatable bonds is 3. The Morgan fingerprint density at radius 3 is 2.56 bits per heavy atom. The first kappa shape index (κ1) is 12.3. The fourth-order valence-electron chi connectivity index (χ4n) is 1.75. The highest BCUT2D eigenvalue weighted by atomic mass is 16.3. The third-order valence-electron chi connectivity index (χ3n) is 2.70. The van der Waals surface area contributed by atoms with Gasteiger partial charge in [-0.25, -0.2) is 0 Å². The van der Waals surface area contributed by atoms with E-state index in [1.807, 2.05) is 0 Å². The zero-order valence-corrected chi connectivity index (χ0v) is 9.98. The van der Waals surface area contributed by atoms with E-state index in [0.717, 1.165) is 16.8 Å². The number of hydrogen-bond donors (Lipinski definition) is 3. The average molecular weight is 243 g/mol. The highest BCUT2D eigenvalue weighted by Gasteiger charge is 2.22. The van der Waals surface area contributed by atoms with Crippen LogP contribution in [0.25, 0.3) is 0 Å². The van der Waals surface area contributed by atoms with Gasteiger partial charge in [0.25, 0.3) is 6.21 Å². The predicted molar refractivity (Wildman–Crippen MR) is 73.0 cm³/mol. The normalized spacial score (nSPS) is 18.8. The van der Waals surface area contributed by atoms with Crippen LogP contribution in [-0.2, 0) is 0 Å². The molecule has 0 radical (unpaired) electrons. The molecule has 3 N–H and O–H groups in total. The SMILES string of the molecule is C=C1C=C(CO)C=C(C2=[N+]=CC(=C)C(CO)=C2)N1. The van der Waals surface area contributed by atoms with E-state index in [0.29, 0.717) is 17.0 Å². The molecule has 0 amide bonds. The monoisotopic (exact) mass is 243 g/mol. The molecule has 2 rings (SSSR count). The van der Waals surface area contributed by atoms with Crippen LogP contribution in [0.15, 0.2) is 59.5 Å². The van der Waals surface area contributed by atoms with Crippen LogP contribution in [0.1, 0.15) is 0 Å². The molecular formula is C14H15N2O2+. The number of allylic oxidation sites excluding steroid dienone is 2. The molecule has 0 bridgehead atoms. The molecule has 0 aliphatic carbocycles. The summed E-state index contributed by atoms with van der Waals surface area (Å²) < 4.78 is 4.26. The number of nitrogens with zero attached hydrogens (tertiary/aromatic N) is 1. The first-order valence-electron chi connectivity index (χ1n) is 5.55. The van der Waals surface area contributed by atoms with Gasteiger partial charge in [-0.05, 0) is 23.3 Å². The number of dihydropyridines is 1. The lowest BCUT2D eigenvalue weighted by Gasteiger charge is -2.14. The lowest BCUT2D eigenvalue weighted by atomic mass is 10.0. The first-order chi connectivity index (χ1) is 8.63. The smallest absolute Gasteiger partial charge is 0.350 e. The van der Waals surface area contributed by atoms with Crippen molar-refractivity contribution in [2.75, 3.05) is 13.2 Å². The minimum atomic E-state index is -0.0781. The molecule has 0 unspecified atom stereocenters. The molecule has 2 heterocycles. The largest absolute Gasteiger partial charge is 0.392 e. The second-order valence-electron chi connectivity index (χ2n) is 4.08. The van der Waals surface area contributed by atoms with Crippen molar-refractivity contribution in [3.63, 3.8) is 0 Å². The van der Waals surface area contributed by atoms with Crippen LogP contribution in [0, 0.1) is 0 Å². The van der Waals surface area contributed by atoms with Gasteiger partial charge in [-0.2, -0.15) is 0 Å². The summed E-state index contributed by atoms with van der Waals surface area (Å²) in [5.41, 5.74) is 4.33. The predicted octanol–water partition coefficient (Wildman–Crippen LogP) is -0.0266. The summed E-state index contributed by atoms with van der Waals surface area (Å²) >= 11 is 0. The molecule has 4 heteroatoms. The fourth-order valence-corrected chi connectivity index (χ4v) is 1.75. The molecule has 0 aromatic rings. The Morgan fingerprint density at radius 1 is 1.11 bits per heavy atom. The molecule has 4 nitrogen and oxygen atoms in total. The summed E-state index contributed by atoms with van der Waals surface area (Å²) in [4.78, 5) is 0. The third-order valence-corrected chi connectivity index (χ3v) is 2.70. The van der Waals surface area contributed by atoms with E-state index in [-0.39, 0.29) is 13.2 Å². The Kier molecular flexibility index (Phi) is 3.44. The Hall–Kier alpha value is -2.13. The van der Waals surface area contributed by atoms with E-state index in [2.05, 4.69) is 23.1 Å². The summed E-state index contributed by atoms with van der Waals surface area (Å²) in [6, 6.07) is 0. The van der Waals surface area contributed by atoms with Crippen molar-refractivity contribution in [1.29, 1.82) is 0 Å². The molecule has 0 aromatic heterocycles. The second kappa shape index (κ2) is 5.02. The molecule has 92 valence electrons. The van der Waals surface area contributed by atoms with Crippen LogP contribution in [0.3, 0.4) is 0 Å². The van der Waals surface area contributed by atoms with Crippen LogP contribution >= 0.6 is 0 Å². The topological polar surface area (TPSA) is 66.6 Å². The van der Waals surface area contributed by atoms with Crippen molar-refractivity contribution in [3.05, 3.63) is 59.5 Å². The summed E-state index contributed by atoms with van der Waals surface area (Å²) in [5.74, 6) is 0. The highest BCUT2D eigenvalue weighted by molar-refractivity contribution is 6.13. The van der Waals surface area contributed by atoms with Crippen molar-refractivity contribution >= 4 is 11.9 Å². The highest BCUT2D eigenvalue weighted by Crippen LogP contribution is 2.15. The van der Waals surface area contributed by atoms with Gasteiger partial charge in [0, 0.05) is 11.8 Å². The van der Waals surface area contributed by atoms with Crippen molar-refractivity contribution in [3.8, 4) is 0 Å². The maximum atomic E-state index is 9.21. The number of nitrogens with one attached hydrogen (secondary N) is 1. The minimum absolute atomic E-state index is 0.0511. The van der Waals surface area contributed by atoms with Gasteiger partial charge in [0.1, 0.15) is 5.70 Å². The van der Waals surface area contributed by atoms with Crippen LogP contribution in [-0.4, -0.2) is 35.4 Å². The van der Waals surface area contributed by atoms with E-state index in [1.165, 1.54) is 0 Å². The van der Waals surface area contributed by atoms with E-state index in [4.69, 9.17) is 5.11 Å². The number of hydrogen-bond acceptors (Lipinski definition) is 3. The van der Waals surface area contributed by atoms with E-state index >= 15 is 0 Å². The van der Waals surface area contributed by atoms with Crippen LogP contribution in [0.2, 0.25) is 0 Å². The van der Waals surface area contributed by atoms with Crippen molar-refractivity contribution < 1.29 is 10.2 Å². The van der Waals surface area contributed by atoms with Crippen molar-refractivity contribution in [2.45, 2.75) is 0 Å². The van der Waals surface area contributed by atoms with Crippen LogP contribution < -0.4 is 9.98 Å². The second-order valence-corrected chi connectivity index (χ2v) is 4.08. The lowest BCUT2D eigenvalue weighted by Crippen LogP contribution is -2.25. The van der Waals surface area contributed by atoms with Crippen molar-refractivity contribution in [1.82, 2.24) is 9.98 Å². The summed E-state index contributed by atoms with van der Waals surface area (Å²) in [6.45, 7) is 7.48. The van der Waals surface area contributed by atoms with Crippen LogP contribution in [0.4, 0.5) is 0 Å². The molecule has 0 fully saturated rings. The summed E-state index contributed by atoms with van der Waals surface area (Å²) in [6.07, 6.45) is 6.96. The molecule has 2 aliphatic heterocycles. The van der Waals surface area contributed by atoms with Gasteiger partial charge in [0.05, 0.1) is 18.8 Å². The van der Waals surface area contributed by atoms with E-state index in [1.54, 1.807) is 24.4 Å². The fraction of sp³-hybridized carbons (Fsp3) is 0.143. The lowest BCUT2D eigenvalue weighted by molar-refractivity contribution is 0.334. The van der Waals surface area contributed by atoms with Gasteiger partial charge in [0.2, 0.25) is 0 Å². The summed E-state index contributed by atoms with van der Waals surface area (Å²) in [7, 11) is 0. The Bertz CT molecular complexity index is 571. The van der Waals surface area contributed by atoms with Gasteiger partial charge in [-0.1, -0.05) is 17.8 Å². The Balaban J connectivity index is 2.39. The molecule has 0 aromatic carbocycles. The molecule has 0 saturated carbocycles. The van der Waals surface area contributed by atoms with Gasteiger partial charge in [-0.15, -0.1) is 0 Å². The molecular weight excluding hydrogens is 228 g/mol. The average Bonchev–Trinajstić information content (AvgIpc) is 2.38. The molecule has 0 spiro atoms. The van der Waals surface area contributed by atoms with Crippen LogP contribution in [0.5, 0.6) is 0 Å². The van der Waals surface area contributed by atoms with Crippen molar-refractivity contribution in [2.24, 2.45) is 0 Å². The van der Waals surface area contributed by atoms with Gasteiger partial charge >= 0.3 is 5.71 Å². The maximum Gasteiger partial charge on any atom is 0.350 e. The molecule has 2 aliphatic rings. The van der Waals surface area contributed by atoms with Gasteiger partial charge < -0.3 is 15.5 Å². The van der Waals surface area contributed by atoms with E-state index in [9.17, 15) is 5.11 Å². The Labute approximate surface area is 105 Å². The number of aliphatic hydroxyl groups is 2. The van der Waals surface area contributed by atoms with Gasteiger partial charge in [-0.3, -0.25) is 0 Å². The summed E-state index contributed by atoms with van der Waals surface area (Å²) in [5, 5.41) is 21.5. The number of aliphatic hydroxyl groups excluding tert-OH is 2. The third kappa shape index (κ3) is 2.41. The first-order valence-corrected chi connectivity index (χ1v) is 5.55. The Morgan fingerprint density at radius 2 is 1.89 bits per heavy atom. The van der Waals surface area contributed by atoms with Gasteiger partial charge in [0.15, 0.2) is 0 Å². The zero-order chi connectivity index (χ0) is 13.1. The quantitative estimate of drug-likeness (QED) is 0.610. The molecule has 0 saturated heterocycles. The minimum Gasteiger partial charge on any atom is -0.392 e. The molecule has 18 heavy (non-hydrogen) atoms.